The third kappa shape index (κ3) is 3.55. The van der Waals surface area contributed by atoms with Crippen LogP contribution in [0.25, 0.3) is 10.1 Å². The molecule has 114 valence electrons. The molecule has 0 saturated carbocycles. The molecular weight excluding hydrogens is 314 g/mol. The Kier molecular flexibility index (Phi) is 4.57. The molecule has 1 amide bonds. The molecule has 2 aromatic heterocycles. The van der Waals surface area contributed by atoms with Crippen molar-refractivity contribution in [1.29, 1.82) is 0 Å². The number of fused-ring (bicyclic) bond motifs is 1. The highest BCUT2D eigenvalue weighted by Crippen LogP contribution is 2.29. The number of rotatable bonds is 5. The van der Waals surface area contributed by atoms with Gasteiger partial charge >= 0.3 is 0 Å². The number of aryl methyl sites for hydroxylation is 1. The number of benzene rings is 1. The number of thiophene rings is 2. The van der Waals surface area contributed by atoms with Crippen LogP contribution in [0.3, 0.4) is 0 Å². The normalized spacial score (nSPS) is 12.5. The van der Waals surface area contributed by atoms with E-state index in [1.165, 1.54) is 4.88 Å². The predicted octanol–water partition coefficient (Wildman–Crippen LogP) is 3.66. The maximum absolute atomic E-state index is 11.9. The first-order chi connectivity index (χ1) is 10.6. The van der Waals surface area contributed by atoms with Gasteiger partial charge < -0.3 is 10.4 Å². The molecule has 0 spiro atoms. The van der Waals surface area contributed by atoms with Gasteiger partial charge in [-0.2, -0.15) is 0 Å². The molecule has 0 bridgehead atoms. The maximum atomic E-state index is 11.9. The van der Waals surface area contributed by atoms with Crippen LogP contribution in [0.2, 0.25) is 0 Å². The lowest BCUT2D eigenvalue weighted by Crippen LogP contribution is -2.29. The molecular formula is C17H17NO2S2. The summed E-state index contributed by atoms with van der Waals surface area (Å²) >= 11 is 3.19. The standard InChI is InChI=1S/C17H17NO2S2/c1-11-6-7-13(21-11)9-17(20)18-10-14(19)16-8-12-4-2-3-5-15(12)22-16/h2-8,14,19H,9-10H2,1H3,(H,18,20). The first-order valence-corrected chi connectivity index (χ1v) is 8.73. The maximum Gasteiger partial charge on any atom is 0.225 e. The minimum atomic E-state index is -0.661. The molecule has 1 unspecified atom stereocenters. The molecule has 2 heterocycles. The summed E-state index contributed by atoms with van der Waals surface area (Å²) in [6, 6.07) is 14.0. The summed E-state index contributed by atoms with van der Waals surface area (Å²) in [5.41, 5.74) is 0. The van der Waals surface area contributed by atoms with E-state index < -0.39 is 6.10 Å². The highest BCUT2D eigenvalue weighted by molar-refractivity contribution is 7.19. The van der Waals surface area contributed by atoms with Gasteiger partial charge in [0.25, 0.3) is 0 Å². The zero-order valence-corrected chi connectivity index (χ0v) is 13.8. The number of aliphatic hydroxyl groups excluding tert-OH is 1. The van der Waals surface area contributed by atoms with Gasteiger partial charge in [0.05, 0.1) is 6.42 Å². The van der Waals surface area contributed by atoms with Crippen molar-refractivity contribution in [1.82, 2.24) is 5.32 Å². The van der Waals surface area contributed by atoms with Crippen molar-refractivity contribution in [2.24, 2.45) is 0 Å². The number of carbonyl (C=O) groups excluding carboxylic acids is 1. The topological polar surface area (TPSA) is 49.3 Å². The molecule has 0 aliphatic rings. The second-order valence-electron chi connectivity index (χ2n) is 5.20. The van der Waals surface area contributed by atoms with Gasteiger partial charge in [-0.05, 0) is 36.6 Å². The molecule has 3 rings (SSSR count). The van der Waals surface area contributed by atoms with Crippen molar-refractivity contribution in [3.8, 4) is 0 Å². The van der Waals surface area contributed by atoms with Crippen LogP contribution in [0, 0.1) is 6.92 Å². The summed E-state index contributed by atoms with van der Waals surface area (Å²) in [5.74, 6) is -0.0537. The molecule has 0 aliphatic heterocycles. The number of hydrogen-bond donors (Lipinski definition) is 2. The third-order valence-corrected chi connectivity index (χ3v) is 5.61. The van der Waals surface area contributed by atoms with Gasteiger partial charge in [-0.1, -0.05) is 18.2 Å². The molecule has 5 heteroatoms. The smallest absolute Gasteiger partial charge is 0.225 e. The molecule has 0 fully saturated rings. The van der Waals surface area contributed by atoms with E-state index in [-0.39, 0.29) is 12.5 Å². The summed E-state index contributed by atoms with van der Waals surface area (Å²) in [6.45, 7) is 2.27. The Balaban J connectivity index is 1.57. The number of hydrogen-bond acceptors (Lipinski definition) is 4. The summed E-state index contributed by atoms with van der Waals surface area (Å²) in [7, 11) is 0. The minimum Gasteiger partial charge on any atom is -0.386 e. The van der Waals surface area contributed by atoms with Gasteiger partial charge in [-0.3, -0.25) is 4.79 Å². The fourth-order valence-electron chi connectivity index (χ4n) is 2.28. The molecule has 22 heavy (non-hydrogen) atoms. The largest absolute Gasteiger partial charge is 0.386 e. The average Bonchev–Trinajstić information content (AvgIpc) is 3.10. The van der Waals surface area contributed by atoms with E-state index in [1.807, 2.05) is 49.4 Å². The van der Waals surface area contributed by atoms with Gasteiger partial charge in [-0.25, -0.2) is 0 Å². The van der Waals surface area contributed by atoms with Gasteiger partial charge in [0.15, 0.2) is 0 Å². The van der Waals surface area contributed by atoms with Gasteiger partial charge in [0, 0.05) is 25.9 Å². The Hall–Kier alpha value is -1.69. The molecule has 1 aromatic carbocycles. The van der Waals surface area contributed by atoms with Crippen molar-refractivity contribution in [3.63, 3.8) is 0 Å². The van der Waals surface area contributed by atoms with E-state index in [0.717, 1.165) is 19.8 Å². The minimum absolute atomic E-state index is 0.0537. The Morgan fingerprint density at radius 2 is 2.05 bits per heavy atom. The van der Waals surface area contributed by atoms with Gasteiger partial charge in [0.2, 0.25) is 5.91 Å². The molecule has 0 saturated heterocycles. The molecule has 2 N–H and O–H groups in total. The molecule has 3 nitrogen and oxygen atoms in total. The van der Waals surface area contributed by atoms with Crippen LogP contribution in [-0.2, 0) is 11.2 Å². The van der Waals surface area contributed by atoms with Gasteiger partial charge in [-0.15, -0.1) is 22.7 Å². The van der Waals surface area contributed by atoms with Crippen LogP contribution in [0.15, 0.2) is 42.5 Å². The van der Waals surface area contributed by atoms with Crippen molar-refractivity contribution in [2.45, 2.75) is 19.4 Å². The van der Waals surface area contributed by atoms with Crippen molar-refractivity contribution in [3.05, 3.63) is 57.1 Å². The summed E-state index contributed by atoms with van der Waals surface area (Å²) in [4.78, 5) is 15.0. The first kappa shape index (κ1) is 15.2. The SMILES string of the molecule is Cc1ccc(CC(=O)NCC(O)c2cc3ccccc3s2)s1. The van der Waals surface area contributed by atoms with Crippen LogP contribution in [0.1, 0.15) is 20.7 Å². The number of carbonyl (C=O) groups is 1. The third-order valence-electron chi connectivity index (χ3n) is 3.40. The van der Waals surface area contributed by atoms with Crippen molar-refractivity contribution < 1.29 is 9.90 Å². The second kappa shape index (κ2) is 6.60. The lowest BCUT2D eigenvalue weighted by Gasteiger charge is -2.09. The highest BCUT2D eigenvalue weighted by atomic mass is 32.1. The zero-order chi connectivity index (χ0) is 15.5. The first-order valence-electron chi connectivity index (χ1n) is 7.10. The molecule has 1 atom stereocenters. The number of aliphatic hydroxyl groups is 1. The average molecular weight is 331 g/mol. The Morgan fingerprint density at radius 3 is 2.77 bits per heavy atom. The summed E-state index contributed by atoms with van der Waals surface area (Å²) < 4.78 is 1.15. The van der Waals surface area contributed by atoms with Crippen LogP contribution in [-0.4, -0.2) is 17.6 Å². The Bertz CT molecular complexity index is 758. The number of nitrogens with one attached hydrogen (secondary N) is 1. The second-order valence-corrected chi connectivity index (χ2v) is 7.68. The summed E-state index contributed by atoms with van der Waals surface area (Å²) in [5, 5.41) is 14.2. The zero-order valence-electron chi connectivity index (χ0n) is 12.2. The van der Waals surface area contributed by atoms with E-state index in [0.29, 0.717) is 6.42 Å². The number of amides is 1. The van der Waals surface area contributed by atoms with Crippen LogP contribution in [0.4, 0.5) is 0 Å². The lowest BCUT2D eigenvalue weighted by molar-refractivity contribution is -0.120. The Morgan fingerprint density at radius 1 is 1.23 bits per heavy atom. The van der Waals surface area contributed by atoms with Crippen LogP contribution >= 0.6 is 22.7 Å². The molecule has 0 radical (unpaired) electrons. The van der Waals surface area contributed by atoms with Crippen molar-refractivity contribution >= 4 is 38.7 Å². The highest BCUT2D eigenvalue weighted by Gasteiger charge is 2.13. The van der Waals surface area contributed by atoms with E-state index >= 15 is 0 Å². The van der Waals surface area contributed by atoms with Crippen molar-refractivity contribution in [2.75, 3.05) is 6.54 Å². The molecule has 0 aliphatic carbocycles. The summed E-state index contributed by atoms with van der Waals surface area (Å²) in [6.07, 6.45) is -0.288. The monoisotopic (exact) mass is 331 g/mol. The quantitative estimate of drug-likeness (QED) is 0.749. The fraction of sp³-hybridized carbons (Fsp3) is 0.235. The van der Waals surface area contributed by atoms with E-state index in [1.54, 1.807) is 22.7 Å². The predicted molar refractivity (Wildman–Crippen MR) is 92.6 cm³/mol. The van der Waals surface area contributed by atoms with Crippen LogP contribution in [0.5, 0.6) is 0 Å². The van der Waals surface area contributed by atoms with Crippen LogP contribution < -0.4 is 5.32 Å². The fourth-order valence-corrected chi connectivity index (χ4v) is 4.22. The lowest BCUT2D eigenvalue weighted by atomic mass is 10.2. The van der Waals surface area contributed by atoms with E-state index in [2.05, 4.69) is 5.32 Å². The Labute approximate surface area is 137 Å². The van der Waals surface area contributed by atoms with Gasteiger partial charge in [0.1, 0.15) is 6.10 Å². The van der Waals surface area contributed by atoms with E-state index in [9.17, 15) is 9.90 Å². The molecule has 3 aromatic rings. The van der Waals surface area contributed by atoms with E-state index in [4.69, 9.17) is 0 Å².